The summed E-state index contributed by atoms with van der Waals surface area (Å²) in [5.41, 5.74) is 12.0. The number of unbranched alkanes of at least 4 members (excludes halogenated alkanes) is 1. The van der Waals surface area contributed by atoms with Gasteiger partial charge in [0.25, 0.3) is 5.91 Å². The number of primary amides is 1. The van der Waals surface area contributed by atoms with Crippen LogP contribution in [0.1, 0.15) is 47.9 Å². The summed E-state index contributed by atoms with van der Waals surface area (Å²) in [6, 6.07) is 8.44. The van der Waals surface area contributed by atoms with E-state index in [0.717, 1.165) is 87.6 Å². The van der Waals surface area contributed by atoms with Crippen molar-refractivity contribution in [3.63, 3.8) is 0 Å². The van der Waals surface area contributed by atoms with Gasteiger partial charge in [-0.25, -0.2) is 0 Å². The highest BCUT2D eigenvalue weighted by molar-refractivity contribution is 6.02. The number of carbonyl (C=O) groups excluding carboxylic acids is 1. The number of rotatable bonds is 10. The highest BCUT2D eigenvalue weighted by atomic mass is 16.5. The van der Waals surface area contributed by atoms with Crippen molar-refractivity contribution in [2.24, 2.45) is 5.73 Å². The summed E-state index contributed by atoms with van der Waals surface area (Å²) in [6.45, 7) is 9.85. The van der Waals surface area contributed by atoms with Gasteiger partial charge in [0.2, 0.25) is 0 Å². The third-order valence-corrected chi connectivity index (χ3v) is 6.28. The van der Waals surface area contributed by atoms with E-state index >= 15 is 0 Å². The first kappa shape index (κ1) is 23.4. The number of aromatic nitrogens is 1. The fourth-order valence-corrected chi connectivity index (χ4v) is 4.52. The van der Waals surface area contributed by atoms with Gasteiger partial charge in [0.05, 0.1) is 18.8 Å². The zero-order chi connectivity index (χ0) is 22.4. The first-order valence-corrected chi connectivity index (χ1v) is 11.5. The van der Waals surface area contributed by atoms with Gasteiger partial charge in [0.1, 0.15) is 0 Å². The van der Waals surface area contributed by atoms with Crippen molar-refractivity contribution in [2.75, 3.05) is 51.8 Å². The number of hydrogen-bond donors (Lipinski definition) is 1. The Morgan fingerprint density at radius 3 is 2.35 bits per heavy atom. The van der Waals surface area contributed by atoms with Crippen LogP contribution in [0.4, 0.5) is 5.69 Å². The van der Waals surface area contributed by atoms with E-state index in [2.05, 4.69) is 45.6 Å². The van der Waals surface area contributed by atoms with Crippen LogP contribution in [0.3, 0.4) is 0 Å². The van der Waals surface area contributed by atoms with Gasteiger partial charge in [-0.3, -0.25) is 9.69 Å². The first-order chi connectivity index (χ1) is 14.9. The van der Waals surface area contributed by atoms with Crippen molar-refractivity contribution < 1.29 is 9.53 Å². The van der Waals surface area contributed by atoms with Gasteiger partial charge in [-0.15, -0.1) is 0 Å². The maximum absolute atomic E-state index is 12.5. The third-order valence-electron chi connectivity index (χ3n) is 6.28. The summed E-state index contributed by atoms with van der Waals surface area (Å²) in [4.78, 5) is 17.1. The van der Waals surface area contributed by atoms with Gasteiger partial charge >= 0.3 is 0 Å². The van der Waals surface area contributed by atoms with Crippen LogP contribution >= 0.6 is 0 Å². The maximum atomic E-state index is 12.5. The maximum Gasteiger partial charge on any atom is 0.251 e. The number of anilines is 1. The van der Waals surface area contributed by atoms with Crippen LogP contribution in [0.15, 0.2) is 24.3 Å². The van der Waals surface area contributed by atoms with E-state index < -0.39 is 0 Å². The Morgan fingerprint density at radius 2 is 1.77 bits per heavy atom. The standard InChI is InChI=1S/C25H38N4O2/c1-5-6-8-22-24(20-9-11-21(12-10-20)27(3)4)23(25(26)30)19(2)29(22)14-7-13-28-15-17-31-18-16-28/h9-12H,5-8,13-18H2,1-4H3,(H2,26,30). The molecule has 2 N–H and O–H groups in total. The molecule has 1 aliphatic heterocycles. The number of ether oxygens (including phenoxy) is 1. The van der Waals surface area contributed by atoms with E-state index in [1.165, 1.54) is 5.69 Å². The van der Waals surface area contributed by atoms with Crippen LogP contribution in [0, 0.1) is 6.92 Å². The average Bonchev–Trinajstić information content (AvgIpc) is 3.04. The van der Waals surface area contributed by atoms with Crippen LogP contribution in [0.25, 0.3) is 11.1 Å². The molecule has 1 aromatic heterocycles. The zero-order valence-electron chi connectivity index (χ0n) is 19.6. The fraction of sp³-hybridized carbons (Fsp3) is 0.560. The van der Waals surface area contributed by atoms with Crippen molar-refractivity contribution in [1.82, 2.24) is 9.47 Å². The lowest BCUT2D eigenvalue weighted by molar-refractivity contribution is 0.0369. The van der Waals surface area contributed by atoms with Crippen LogP contribution < -0.4 is 10.6 Å². The molecule has 0 radical (unpaired) electrons. The molecule has 0 spiro atoms. The fourth-order valence-electron chi connectivity index (χ4n) is 4.52. The van der Waals surface area contributed by atoms with E-state index in [-0.39, 0.29) is 5.91 Å². The number of nitrogens with two attached hydrogens (primary N) is 1. The molecule has 1 amide bonds. The molecule has 1 saturated heterocycles. The Morgan fingerprint density at radius 1 is 1.10 bits per heavy atom. The molecule has 31 heavy (non-hydrogen) atoms. The lowest BCUT2D eigenvalue weighted by atomic mass is 9.97. The van der Waals surface area contributed by atoms with Crippen LogP contribution in [0.5, 0.6) is 0 Å². The molecule has 0 aliphatic carbocycles. The topological polar surface area (TPSA) is 63.7 Å². The van der Waals surface area contributed by atoms with E-state index in [4.69, 9.17) is 10.5 Å². The predicted octanol–water partition coefficient (Wildman–Crippen LogP) is 3.69. The highest BCUT2D eigenvalue weighted by Gasteiger charge is 2.24. The summed E-state index contributed by atoms with van der Waals surface area (Å²) >= 11 is 0. The molecule has 0 bridgehead atoms. The van der Waals surface area contributed by atoms with Crippen molar-refractivity contribution in [3.8, 4) is 11.1 Å². The molecule has 0 unspecified atom stereocenters. The molecule has 2 heterocycles. The Balaban J connectivity index is 1.95. The number of carbonyl (C=O) groups is 1. The summed E-state index contributed by atoms with van der Waals surface area (Å²) in [7, 11) is 4.07. The largest absolute Gasteiger partial charge is 0.379 e. The number of hydrogen-bond acceptors (Lipinski definition) is 4. The van der Waals surface area contributed by atoms with Gasteiger partial charge in [0.15, 0.2) is 0 Å². The summed E-state index contributed by atoms with van der Waals surface area (Å²) in [6.07, 6.45) is 4.20. The van der Waals surface area contributed by atoms with Crippen molar-refractivity contribution in [1.29, 1.82) is 0 Å². The van der Waals surface area contributed by atoms with E-state index in [0.29, 0.717) is 5.56 Å². The molecule has 2 aromatic rings. The van der Waals surface area contributed by atoms with Crippen molar-refractivity contribution in [3.05, 3.63) is 41.2 Å². The van der Waals surface area contributed by atoms with Gasteiger partial charge < -0.3 is 19.9 Å². The molecule has 1 fully saturated rings. The number of nitrogens with zero attached hydrogens (tertiary/aromatic N) is 3. The monoisotopic (exact) mass is 426 g/mol. The smallest absolute Gasteiger partial charge is 0.251 e. The Bertz CT molecular complexity index is 865. The second-order valence-electron chi connectivity index (χ2n) is 8.65. The summed E-state index contributed by atoms with van der Waals surface area (Å²) < 4.78 is 7.82. The Hall–Kier alpha value is -2.31. The summed E-state index contributed by atoms with van der Waals surface area (Å²) in [5.74, 6) is -0.339. The van der Waals surface area contributed by atoms with E-state index in [1.54, 1.807) is 0 Å². The Kier molecular flexibility index (Phi) is 8.15. The van der Waals surface area contributed by atoms with Crippen molar-refractivity contribution >= 4 is 11.6 Å². The number of benzene rings is 1. The lowest BCUT2D eigenvalue weighted by Crippen LogP contribution is -2.37. The van der Waals surface area contributed by atoms with Crippen molar-refractivity contribution in [2.45, 2.75) is 46.1 Å². The van der Waals surface area contributed by atoms with Crippen LogP contribution in [-0.2, 0) is 17.7 Å². The average molecular weight is 427 g/mol. The second kappa shape index (κ2) is 10.8. The van der Waals surface area contributed by atoms with Crippen LogP contribution in [0.2, 0.25) is 0 Å². The minimum Gasteiger partial charge on any atom is -0.379 e. The molecule has 3 rings (SSSR count). The second-order valence-corrected chi connectivity index (χ2v) is 8.65. The quantitative estimate of drug-likeness (QED) is 0.629. The van der Waals surface area contributed by atoms with E-state index in [9.17, 15) is 4.79 Å². The normalized spacial score (nSPS) is 14.7. The molecule has 170 valence electrons. The SMILES string of the molecule is CCCCc1c(-c2ccc(N(C)C)cc2)c(C(N)=O)c(C)n1CCCN1CCOCC1. The lowest BCUT2D eigenvalue weighted by Gasteiger charge is -2.26. The minimum absolute atomic E-state index is 0.339. The summed E-state index contributed by atoms with van der Waals surface area (Å²) in [5, 5.41) is 0. The molecular formula is C25H38N4O2. The first-order valence-electron chi connectivity index (χ1n) is 11.5. The highest BCUT2D eigenvalue weighted by Crippen LogP contribution is 2.35. The molecule has 6 heteroatoms. The Labute approximate surface area is 187 Å². The minimum atomic E-state index is -0.339. The number of morpholine rings is 1. The zero-order valence-corrected chi connectivity index (χ0v) is 19.6. The molecule has 0 atom stereocenters. The molecular weight excluding hydrogens is 388 g/mol. The predicted molar refractivity (Wildman–Crippen MR) is 128 cm³/mol. The van der Waals surface area contributed by atoms with Gasteiger partial charge in [-0.2, -0.15) is 0 Å². The van der Waals surface area contributed by atoms with Gasteiger partial charge in [-0.05, 0) is 43.9 Å². The number of amides is 1. The van der Waals surface area contributed by atoms with Crippen LogP contribution in [-0.4, -0.2) is 62.3 Å². The molecule has 0 saturated carbocycles. The van der Waals surface area contributed by atoms with Gasteiger partial charge in [0, 0.05) is 62.9 Å². The third kappa shape index (κ3) is 5.49. The molecule has 6 nitrogen and oxygen atoms in total. The van der Waals surface area contributed by atoms with E-state index in [1.807, 2.05) is 21.0 Å². The molecule has 1 aromatic carbocycles. The van der Waals surface area contributed by atoms with Gasteiger partial charge in [-0.1, -0.05) is 25.5 Å². The molecule has 1 aliphatic rings.